The zero-order valence-electron chi connectivity index (χ0n) is 12.9. The predicted molar refractivity (Wildman–Crippen MR) is 89.7 cm³/mol. The zero-order chi connectivity index (χ0) is 16.6. The van der Waals surface area contributed by atoms with Crippen LogP contribution >= 0.6 is 11.3 Å². The molecule has 118 valence electrons. The highest BCUT2D eigenvalue weighted by Gasteiger charge is 2.37. The van der Waals surface area contributed by atoms with Crippen LogP contribution in [0.2, 0.25) is 0 Å². The molecule has 0 radical (unpaired) electrons. The van der Waals surface area contributed by atoms with Gasteiger partial charge in [-0.15, -0.1) is 11.3 Å². The Morgan fingerprint density at radius 2 is 1.91 bits per heavy atom. The highest BCUT2D eigenvalue weighted by Crippen LogP contribution is 2.33. The highest BCUT2D eigenvalue weighted by molar-refractivity contribution is 7.12. The number of carbonyl (C=O) groups excluding carboxylic acids is 2. The van der Waals surface area contributed by atoms with E-state index in [2.05, 4.69) is 19.2 Å². The molecule has 1 aliphatic rings. The maximum atomic E-state index is 12.6. The maximum Gasteiger partial charge on any atom is 0.287 e. The van der Waals surface area contributed by atoms with Crippen LogP contribution in [-0.2, 0) is 4.79 Å². The Hall–Kier alpha value is -2.40. The van der Waals surface area contributed by atoms with Crippen LogP contribution in [0.3, 0.4) is 0 Å². The van der Waals surface area contributed by atoms with E-state index in [1.54, 1.807) is 17.5 Å². The van der Waals surface area contributed by atoms with Gasteiger partial charge in [0.2, 0.25) is 5.78 Å². The third kappa shape index (κ3) is 2.80. The number of carbonyl (C=O) groups is 2. The Bertz CT molecular complexity index is 773. The Balaban J connectivity index is 1.98. The second-order valence-corrected chi connectivity index (χ2v) is 6.74. The van der Waals surface area contributed by atoms with Crippen molar-refractivity contribution in [2.45, 2.75) is 25.8 Å². The molecule has 3 rings (SSSR count). The summed E-state index contributed by atoms with van der Waals surface area (Å²) < 4.78 is 0. The van der Waals surface area contributed by atoms with E-state index < -0.39 is 17.7 Å². The number of hydrogen-bond donors (Lipinski definition) is 2. The molecular weight excluding hydrogens is 310 g/mol. The number of ketones is 1. The van der Waals surface area contributed by atoms with E-state index >= 15 is 0 Å². The lowest BCUT2D eigenvalue weighted by Gasteiger charge is -2.15. The van der Waals surface area contributed by atoms with E-state index in [0.29, 0.717) is 10.8 Å². The number of amides is 1. The van der Waals surface area contributed by atoms with Gasteiger partial charge in [-0.25, -0.2) is 0 Å². The van der Waals surface area contributed by atoms with E-state index in [9.17, 15) is 14.7 Å². The molecular formula is C18H17NO3S. The zero-order valence-corrected chi connectivity index (χ0v) is 13.7. The largest absolute Gasteiger partial charge is 0.503 e. The number of thiophene rings is 1. The second kappa shape index (κ2) is 6.01. The van der Waals surface area contributed by atoms with E-state index in [1.165, 1.54) is 16.9 Å². The van der Waals surface area contributed by atoms with Gasteiger partial charge >= 0.3 is 0 Å². The van der Waals surface area contributed by atoms with Crippen molar-refractivity contribution < 1.29 is 14.7 Å². The van der Waals surface area contributed by atoms with Crippen molar-refractivity contribution >= 4 is 23.0 Å². The van der Waals surface area contributed by atoms with Crippen LogP contribution in [-0.4, -0.2) is 16.8 Å². The van der Waals surface area contributed by atoms with Gasteiger partial charge < -0.3 is 10.4 Å². The molecule has 0 saturated carbocycles. The molecule has 0 unspecified atom stereocenters. The van der Waals surface area contributed by atoms with Gasteiger partial charge in [-0.3, -0.25) is 9.59 Å². The van der Waals surface area contributed by atoms with Crippen LogP contribution < -0.4 is 5.32 Å². The monoisotopic (exact) mass is 327 g/mol. The molecule has 0 spiro atoms. The van der Waals surface area contributed by atoms with E-state index in [4.69, 9.17) is 0 Å². The summed E-state index contributed by atoms with van der Waals surface area (Å²) in [5, 5.41) is 14.5. The molecule has 1 atom stereocenters. The summed E-state index contributed by atoms with van der Waals surface area (Å²) in [5.74, 6) is -1.00. The first-order valence-electron chi connectivity index (χ1n) is 7.41. The Morgan fingerprint density at radius 3 is 2.48 bits per heavy atom. The molecule has 23 heavy (non-hydrogen) atoms. The van der Waals surface area contributed by atoms with Gasteiger partial charge in [0.1, 0.15) is 0 Å². The fourth-order valence-electron chi connectivity index (χ4n) is 2.63. The summed E-state index contributed by atoms with van der Waals surface area (Å²) in [6.07, 6.45) is 0. The van der Waals surface area contributed by atoms with Crippen molar-refractivity contribution in [2.75, 3.05) is 0 Å². The van der Waals surface area contributed by atoms with Gasteiger partial charge in [0.25, 0.3) is 5.91 Å². The lowest BCUT2D eigenvalue weighted by Crippen LogP contribution is -2.23. The van der Waals surface area contributed by atoms with E-state index in [0.717, 1.165) is 5.56 Å². The summed E-state index contributed by atoms with van der Waals surface area (Å²) in [6, 6.07) is 10.6. The molecule has 0 fully saturated rings. The minimum Gasteiger partial charge on any atom is -0.503 e. The third-order valence-electron chi connectivity index (χ3n) is 3.96. The predicted octanol–water partition coefficient (Wildman–Crippen LogP) is 3.74. The smallest absolute Gasteiger partial charge is 0.287 e. The number of benzene rings is 1. The quantitative estimate of drug-likeness (QED) is 0.841. The molecule has 0 aliphatic carbocycles. The normalized spacial score (nSPS) is 17.7. The Labute approximate surface area is 138 Å². The first-order valence-corrected chi connectivity index (χ1v) is 8.29. The van der Waals surface area contributed by atoms with Crippen LogP contribution in [0, 0.1) is 0 Å². The van der Waals surface area contributed by atoms with Gasteiger partial charge in [0.05, 0.1) is 16.5 Å². The lowest BCUT2D eigenvalue weighted by atomic mass is 9.94. The summed E-state index contributed by atoms with van der Waals surface area (Å²) in [7, 11) is 0. The van der Waals surface area contributed by atoms with E-state index in [-0.39, 0.29) is 11.4 Å². The molecule has 1 aliphatic heterocycles. The van der Waals surface area contributed by atoms with Crippen molar-refractivity contribution in [3.05, 3.63) is 69.1 Å². The van der Waals surface area contributed by atoms with Gasteiger partial charge in [-0.05, 0) is 28.5 Å². The molecule has 2 heterocycles. The van der Waals surface area contributed by atoms with Crippen molar-refractivity contribution in [3.8, 4) is 0 Å². The fourth-order valence-corrected chi connectivity index (χ4v) is 3.31. The minimum atomic E-state index is -0.613. The SMILES string of the molecule is CC(C)c1ccc([C@@H]2NC(=O)C(O)=C2C(=O)c2cccs2)cc1. The number of aliphatic hydroxyl groups excluding tert-OH is 1. The molecule has 1 aromatic carbocycles. The molecule has 1 aromatic heterocycles. The summed E-state index contributed by atoms with van der Waals surface area (Å²) in [5.41, 5.74) is 2.08. The number of Topliss-reactive ketones (excluding diaryl/α,β-unsaturated/α-hetero) is 1. The van der Waals surface area contributed by atoms with Crippen LogP contribution in [0.4, 0.5) is 0 Å². The molecule has 0 saturated heterocycles. The number of nitrogens with one attached hydrogen (secondary N) is 1. The van der Waals surface area contributed by atoms with E-state index in [1.807, 2.05) is 24.3 Å². The topological polar surface area (TPSA) is 66.4 Å². The summed E-state index contributed by atoms with van der Waals surface area (Å²) in [6.45, 7) is 4.20. The average Bonchev–Trinajstić information content (AvgIpc) is 3.16. The van der Waals surface area contributed by atoms with Crippen molar-refractivity contribution in [1.29, 1.82) is 0 Å². The molecule has 0 bridgehead atoms. The minimum absolute atomic E-state index is 0.120. The van der Waals surface area contributed by atoms with Crippen molar-refractivity contribution in [2.24, 2.45) is 0 Å². The lowest BCUT2D eigenvalue weighted by molar-refractivity contribution is -0.119. The highest BCUT2D eigenvalue weighted by atomic mass is 32.1. The van der Waals surface area contributed by atoms with Crippen LogP contribution in [0.15, 0.2) is 53.1 Å². The maximum absolute atomic E-state index is 12.6. The first kappa shape index (κ1) is 15.5. The Morgan fingerprint density at radius 1 is 1.22 bits per heavy atom. The van der Waals surface area contributed by atoms with Crippen molar-refractivity contribution in [3.63, 3.8) is 0 Å². The van der Waals surface area contributed by atoms with Crippen LogP contribution in [0.1, 0.15) is 46.6 Å². The van der Waals surface area contributed by atoms with Crippen LogP contribution in [0.25, 0.3) is 0 Å². The van der Waals surface area contributed by atoms with Gasteiger partial charge in [0.15, 0.2) is 5.76 Å². The first-order chi connectivity index (χ1) is 11.0. The summed E-state index contributed by atoms with van der Waals surface area (Å²) >= 11 is 1.29. The van der Waals surface area contributed by atoms with Gasteiger partial charge in [0, 0.05) is 0 Å². The molecule has 1 amide bonds. The van der Waals surface area contributed by atoms with Gasteiger partial charge in [-0.2, -0.15) is 0 Å². The fraction of sp³-hybridized carbons (Fsp3) is 0.222. The number of aliphatic hydroxyl groups is 1. The standard InChI is InChI=1S/C18H17NO3S/c1-10(2)11-5-7-12(8-6-11)15-14(17(21)18(22)19-15)16(20)13-4-3-9-23-13/h3-10,15,21H,1-2H3,(H,19,22)/t15-/m0/s1. The number of rotatable bonds is 4. The summed E-state index contributed by atoms with van der Waals surface area (Å²) in [4.78, 5) is 25.0. The molecule has 2 N–H and O–H groups in total. The van der Waals surface area contributed by atoms with Gasteiger partial charge in [-0.1, -0.05) is 44.2 Å². The van der Waals surface area contributed by atoms with Crippen molar-refractivity contribution in [1.82, 2.24) is 5.32 Å². The second-order valence-electron chi connectivity index (χ2n) is 5.80. The molecule has 2 aromatic rings. The average molecular weight is 327 g/mol. The number of hydrogen-bond acceptors (Lipinski definition) is 4. The van der Waals surface area contributed by atoms with Crippen LogP contribution in [0.5, 0.6) is 0 Å². The Kier molecular flexibility index (Phi) is 4.05. The third-order valence-corrected chi connectivity index (χ3v) is 4.83. The molecule has 5 heteroatoms. The molecule has 4 nitrogen and oxygen atoms in total.